The lowest BCUT2D eigenvalue weighted by Gasteiger charge is -2.27. The number of hydrogen-bond acceptors (Lipinski definition) is 16. The predicted octanol–water partition coefficient (Wildman–Crippen LogP) is -4.97. The number of carbonyl (C=O) groups is 11. The first-order chi connectivity index (χ1) is 32.2. The lowest BCUT2D eigenvalue weighted by atomic mass is 10.0. The molecule has 69 heavy (non-hydrogen) atoms. The number of nitrogens with two attached hydrogens (primary N) is 2. The second-order valence-electron chi connectivity index (χ2n) is 16.6. The SMILES string of the molecule is CSCC[C@H](NC(=O)[C@@H](NC(=O)CNC(=O)[C@H](CC(=O)O)NC(=O)[C@@H](NC(=O)[C@@H](N)Cc1ccc(O)cc1)C(C)C)[C@@H](C)O)C(=O)N[C@@H](CO)C(=O)N[C@@H](CCC(N)=O)C(=O)N[C@H](C(=O)O)C(C)C. The number of primary amides is 1. The zero-order chi connectivity index (χ0) is 52.7. The molecule has 9 atom stereocenters. The van der Waals surface area contributed by atoms with Crippen LogP contribution in [0.2, 0.25) is 0 Å². The average Bonchev–Trinajstić information content (AvgIpc) is 3.26. The molecule has 26 nitrogen and oxygen atoms in total. The highest BCUT2D eigenvalue weighted by molar-refractivity contribution is 7.98. The second kappa shape index (κ2) is 30.0. The number of carboxylic acid groups (broad SMARTS) is 2. The van der Waals surface area contributed by atoms with Gasteiger partial charge in [0, 0.05) is 6.42 Å². The minimum atomic E-state index is -1.79. The quantitative estimate of drug-likeness (QED) is 0.0331. The Bertz CT molecular complexity index is 1970. The van der Waals surface area contributed by atoms with Crippen molar-refractivity contribution in [2.75, 3.05) is 25.2 Å². The number of carbonyl (C=O) groups excluding carboxylic acids is 9. The van der Waals surface area contributed by atoms with Gasteiger partial charge in [0.05, 0.1) is 31.7 Å². The number of phenolic OH excluding ortho intramolecular Hbond substituents is 1. The molecule has 9 amide bonds. The lowest BCUT2D eigenvalue weighted by Crippen LogP contribution is -2.61. The average molecular weight is 999 g/mol. The monoisotopic (exact) mass is 998 g/mol. The number of nitrogens with one attached hydrogen (secondary N) is 8. The number of aliphatic hydroxyl groups excluding tert-OH is 2. The number of aliphatic carboxylic acids is 2. The molecule has 0 saturated heterocycles. The molecule has 0 aliphatic heterocycles. The minimum absolute atomic E-state index is 0.000901. The number of hydrogen-bond donors (Lipinski definition) is 15. The molecule has 386 valence electrons. The lowest BCUT2D eigenvalue weighted by molar-refractivity contribution is -0.144. The van der Waals surface area contributed by atoms with Crippen LogP contribution in [0.15, 0.2) is 24.3 Å². The summed E-state index contributed by atoms with van der Waals surface area (Å²) in [5.41, 5.74) is 11.9. The van der Waals surface area contributed by atoms with Gasteiger partial charge in [0.25, 0.3) is 0 Å². The van der Waals surface area contributed by atoms with Crippen LogP contribution in [0.4, 0.5) is 0 Å². The minimum Gasteiger partial charge on any atom is -0.508 e. The maximum absolute atomic E-state index is 13.5. The van der Waals surface area contributed by atoms with E-state index in [4.69, 9.17) is 11.5 Å². The molecule has 1 aromatic carbocycles. The van der Waals surface area contributed by atoms with Gasteiger partial charge in [-0.05, 0) is 67.7 Å². The summed E-state index contributed by atoms with van der Waals surface area (Å²) in [6.45, 7) is 5.30. The molecule has 0 aliphatic carbocycles. The maximum Gasteiger partial charge on any atom is 0.326 e. The summed E-state index contributed by atoms with van der Waals surface area (Å²) in [4.78, 5) is 141. The smallest absolute Gasteiger partial charge is 0.326 e. The molecule has 1 aromatic rings. The van der Waals surface area contributed by atoms with Gasteiger partial charge in [-0.3, -0.25) is 47.9 Å². The number of benzene rings is 1. The van der Waals surface area contributed by atoms with Crippen molar-refractivity contribution in [1.29, 1.82) is 0 Å². The van der Waals surface area contributed by atoms with Gasteiger partial charge >= 0.3 is 11.9 Å². The summed E-state index contributed by atoms with van der Waals surface area (Å²) in [6, 6.07) is -6.28. The fourth-order valence-corrected chi connectivity index (χ4v) is 6.64. The molecule has 0 saturated carbocycles. The number of rotatable bonds is 31. The third-order valence-electron chi connectivity index (χ3n) is 10.1. The Kier molecular flexibility index (Phi) is 26.3. The highest BCUT2D eigenvalue weighted by Crippen LogP contribution is 2.12. The Labute approximate surface area is 402 Å². The largest absolute Gasteiger partial charge is 0.508 e. The molecule has 0 unspecified atom stereocenters. The van der Waals surface area contributed by atoms with Crippen molar-refractivity contribution in [2.45, 2.75) is 121 Å². The van der Waals surface area contributed by atoms with E-state index < -0.39 is 157 Å². The van der Waals surface area contributed by atoms with Crippen LogP contribution < -0.4 is 54.0 Å². The number of aromatic hydroxyl groups is 1. The van der Waals surface area contributed by atoms with Crippen molar-refractivity contribution in [3.8, 4) is 5.75 Å². The van der Waals surface area contributed by atoms with Crippen molar-refractivity contribution in [2.24, 2.45) is 23.3 Å². The van der Waals surface area contributed by atoms with Crippen molar-refractivity contribution in [3.63, 3.8) is 0 Å². The van der Waals surface area contributed by atoms with E-state index in [0.717, 1.165) is 6.92 Å². The van der Waals surface area contributed by atoms with Gasteiger partial charge in [-0.25, -0.2) is 4.79 Å². The molecule has 0 fully saturated rings. The number of carboxylic acids is 2. The zero-order valence-corrected chi connectivity index (χ0v) is 39.9. The van der Waals surface area contributed by atoms with Crippen molar-refractivity contribution in [3.05, 3.63) is 29.8 Å². The van der Waals surface area contributed by atoms with E-state index in [1.54, 1.807) is 32.2 Å². The summed E-state index contributed by atoms with van der Waals surface area (Å²) >= 11 is 1.25. The molecule has 27 heteroatoms. The van der Waals surface area contributed by atoms with Gasteiger partial charge in [0.2, 0.25) is 53.2 Å². The Hall–Kier alpha value is -6.58. The summed E-state index contributed by atoms with van der Waals surface area (Å²) in [5.74, 6) is -13.0. The number of aliphatic hydroxyl groups is 2. The van der Waals surface area contributed by atoms with Crippen LogP contribution in [0, 0.1) is 11.8 Å². The Morgan fingerprint density at radius 3 is 1.62 bits per heavy atom. The molecule has 0 heterocycles. The number of amides is 9. The van der Waals surface area contributed by atoms with Gasteiger partial charge in [0.15, 0.2) is 0 Å². The summed E-state index contributed by atoms with van der Waals surface area (Å²) in [5, 5.41) is 67.2. The van der Waals surface area contributed by atoms with Gasteiger partial charge in [-0.15, -0.1) is 0 Å². The third kappa shape index (κ3) is 21.9. The van der Waals surface area contributed by atoms with Gasteiger partial charge < -0.3 is 79.5 Å². The first kappa shape index (κ1) is 60.4. The van der Waals surface area contributed by atoms with E-state index in [0.29, 0.717) is 5.56 Å². The normalized spacial score (nSPS) is 15.0. The van der Waals surface area contributed by atoms with Crippen LogP contribution >= 0.6 is 11.8 Å². The molecule has 0 bridgehead atoms. The molecule has 0 radical (unpaired) electrons. The molecular formula is C42H66N10O16S. The standard InChI is InChI=1S/C42H66N10O16S/c1-19(2)32(51-35(60)24(43)15-22-7-9-23(55)10-8-22)40(65)48-27(16-31(58)59)36(61)45-17-30(57)50-34(21(5)54)41(66)47-26(13-14-69-6)37(62)49-28(18-53)39(64)46-25(11-12-29(44)56)38(63)52-33(20(3)4)42(67)68/h7-10,19-21,24-28,32-34,53-55H,11-18,43H2,1-6H3,(H2,44,56)(H,45,61)(H,46,64)(H,47,66)(H,48,65)(H,49,62)(H,50,57)(H,51,60)(H,52,63)(H,58,59)(H,67,68)/t21-,24+,25+,26+,27+,28+,32+,33+,34+/m1/s1. The molecule has 17 N–H and O–H groups in total. The molecule has 0 aliphatic rings. The molecule has 0 spiro atoms. The topological polar surface area (TPSA) is 437 Å². The predicted molar refractivity (Wildman–Crippen MR) is 246 cm³/mol. The van der Waals surface area contributed by atoms with Crippen LogP contribution in [0.25, 0.3) is 0 Å². The van der Waals surface area contributed by atoms with E-state index in [1.807, 2.05) is 0 Å². The van der Waals surface area contributed by atoms with Gasteiger partial charge in [0.1, 0.15) is 48.0 Å². The zero-order valence-electron chi connectivity index (χ0n) is 39.1. The molecule has 0 aromatic heterocycles. The number of thioether (sulfide) groups is 1. The highest BCUT2D eigenvalue weighted by atomic mass is 32.2. The van der Waals surface area contributed by atoms with E-state index in [-0.39, 0.29) is 30.8 Å². The summed E-state index contributed by atoms with van der Waals surface area (Å²) in [6.07, 6.45) is -1.80. The van der Waals surface area contributed by atoms with Gasteiger partial charge in [-0.2, -0.15) is 11.8 Å². The number of phenols is 1. The van der Waals surface area contributed by atoms with E-state index in [1.165, 1.54) is 37.7 Å². The van der Waals surface area contributed by atoms with Crippen molar-refractivity contribution < 1.29 is 78.3 Å². The van der Waals surface area contributed by atoms with Crippen LogP contribution in [0.1, 0.15) is 65.9 Å². The Morgan fingerprint density at radius 1 is 0.623 bits per heavy atom. The fraction of sp³-hybridized carbons (Fsp3) is 0.595. The second-order valence-corrected chi connectivity index (χ2v) is 17.6. The first-order valence-corrected chi connectivity index (χ1v) is 23.1. The van der Waals surface area contributed by atoms with Crippen molar-refractivity contribution >= 4 is 76.9 Å². The summed E-state index contributed by atoms with van der Waals surface area (Å²) < 4.78 is 0. The van der Waals surface area contributed by atoms with Crippen LogP contribution in [-0.2, 0) is 59.2 Å². The Balaban J connectivity index is 3.09. The fourth-order valence-electron chi connectivity index (χ4n) is 6.17. The van der Waals surface area contributed by atoms with Crippen LogP contribution in [0.3, 0.4) is 0 Å². The van der Waals surface area contributed by atoms with Crippen LogP contribution in [-0.4, -0.2) is 170 Å². The van der Waals surface area contributed by atoms with Crippen LogP contribution in [0.5, 0.6) is 5.75 Å². The van der Waals surface area contributed by atoms with E-state index >= 15 is 0 Å². The summed E-state index contributed by atoms with van der Waals surface area (Å²) in [7, 11) is 0. The van der Waals surface area contributed by atoms with E-state index in [9.17, 15) is 78.3 Å². The molecule has 1 rings (SSSR count). The Morgan fingerprint density at radius 2 is 1.12 bits per heavy atom. The first-order valence-electron chi connectivity index (χ1n) is 21.7. The molecular weight excluding hydrogens is 933 g/mol. The maximum atomic E-state index is 13.5. The van der Waals surface area contributed by atoms with Gasteiger partial charge in [-0.1, -0.05) is 39.8 Å². The highest BCUT2D eigenvalue weighted by Gasteiger charge is 2.35. The van der Waals surface area contributed by atoms with E-state index in [2.05, 4.69) is 42.5 Å². The van der Waals surface area contributed by atoms with Crippen molar-refractivity contribution in [1.82, 2.24) is 42.5 Å². The third-order valence-corrected chi connectivity index (χ3v) is 10.7.